The molecule has 0 aliphatic carbocycles. The predicted molar refractivity (Wildman–Crippen MR) is 146 cm³/mol. The first-order chi connectivity index (χ1) is 18.5. The molecule has 2 atom stereocenters. The van der Waals surface area contributed by atoms with E-state index in [4.69, 9.17) is 4.74 Å². The molecule has 2 aliphatic heterocycles. The van der Waals surface area contributed by atoms with Crippen LogP contribution in [0.15, 0.2) is 72.8 Å². The number of benzene rings is 3. The number of amides is 1. The van der Waals surface area contributed by atoms with Gasteiger partial charge in [0.15, 0.2) is 5.78 Å². The van der Waals surface area contributed by atoms with Gasteiger partial charge < -0.3 is 9.64 Å². The molecular formula is C32H35FN2O3. The monoisotopic (exact) mass is 514 g/mol. The van der Waals surface area contributed by atoms with Gasteiger partial charge in [0.2, 0.25) is 5.91 Å². The molecule has 0 spiro atoms. The summed E-state index contributed by atoms with van der Waals surface area (Å²) in [6, 6.07) is 21.7. The number of hydrogen-bond acceptors (Lipinski definition) is 4. The number of carbonyl (C=O) groups excluding carboxylic acids is 2. The fourth-order valence-corrected chi connectivity index (χ4v) is 5.65. The smallest absolute Gasteiger partial charge is 0.236 e. The van der Waals surface area contributed by atoms with Crippen LogP contribution >= 0.6 is 0 Å². The zero-order chi connectivity index (χ0) is 26.5. The maximum Gasteiger partial charge on any atom is 0.236 e. The predicted octanol–water partition coefficient (Wildman–Crippen LogP) is 5.36. The maximum absolute atomic E-state index is 13.9. The Labute approximate surface area is 224 Å². The van der Waals surface area contributed by atoms with Crippen molar-refractivity contribution in [3.8, 4) is 0 Å². The third kappa shape index (κ3) is 6.20. The molecule has 0 N–H and O–H groups in total. The number of piperidine rings is 1. The molecule has 5 nitrogen and oxygen atoms in total. The van der Waals surface area contributed by atoms with Crippen LogP contribution in [-0.2, 0) is 16.1 Å². The molecule has 0 aromatic heterocycles. The number of aryl methyl sites for hydroxylation is 1. The summed E-state index contributed by atoms with van der Waals surface area (Å²) in [4.78, 5) is 30.0. The Bertz CT molecular complexity index is 1260. The SMILES string of the molecule is Cc1cc(F)ccc1C1CN(C(=O)CN2CCCC2)CCC1OCc1ccc(C(=O)c2ccccc2)cc1. The average molecular weight is 515 g/mol. The van der Waals surface area contributed by atoms with Gasteiger partial charge in [-0.3, -0.25) is 14.5 Å². The molecule has 2 unspecified atom stereocenters. The third-order valence-electron chi connectivity index (χ3n) is 7.81. The number of carbonyl (C=O) groups is 2. The van der Waals surface area contributed by atoms with E-state index in [1.807, 2.05) is 72.5 Å². The van der Waals surface area contributed by atoms with E-state index in [9.17, 15) is 14.0 Å². The standard InChI is InChI=1S/C32H35FN2O3/c1-23-19-27(33)13-14-28(23)29-20-35(31(36)21-34-16-5-6-17-34)18-15-30(29)38-22-24-9-11-26(12-10-24)32(37)25-7-3-2-4-8-25/h2-4,7-14,19,29-30H,5-6,15-18,20-22H2,1H3. The minimum Gasteiger partial charge on any atom is -0.373 e. The maximum atomic E-state index is 13.9. The highest BCUT2D eigenvalue weighted by molar-refractivity contribution is 6.08. The zero-order valence-corrected chi connectivity index (χ0v) is 21.9. The minimum absolute atomic E-state index is 0.00381. The number of halogens is 1. The quantitative estimate of drug-likeness (QED) is 0.380. The summed E-state index contributed by atoms with van der Waals surface area (Å²) in [7, 11) is 0. The van der Waals surface area contributed by atoms with Crippen LogP contribution in [0, 0.1) is 12.7 Å². The lowest BCUT2D eigenvalue weighted by Crippen LogP contribution is -2.48. The van der Waals surface area contributed by atoms with Gasteiger partial charge in [0.05, 0.1) is 19.3 Å². The van der Waals surface area contributed by atoms with E-state index in [-0.39, 0.29) is 29.5 Å². The van der Waals surface area contributed by atoms with Gasteiger partial charge in [-0.1, -0.05) is 60.7 Å². The van der Waals surface area contributed by atoms with E-state index in [0.29, 0.717) is 37.4 Å². The van der Waals surface area contributed by atoms with Crippen molar-refractivity contribution >= 4 is 11.7 Å². The molecule has 1 amide bonds. The molecule has 2 heterocycles. The first-order valence-electron chi connectivity index (χ1n) is 13.5. The summed E-state index contributed by atoms with van der Waals surface area (Å²) in [6.45, 7) is 5.98. The highest BCUT2D eigenvalue weighted by Gasteiger charge is 2.34. The van der Waals surface area contributed by atoms with Crippen molar-refractivity contribution in [2.24, 2.45) is 0 Å². The second-order valence-electron chi connectivity index (χ2n) is 10.5. The Hall–Kier alpha value is -3.35. The van der Waals surface area contributed by atoms with Gasteiger partial charge in [-0.15, -0.1) is 0 Å². The Morgan fingerprint density at radius 2 is 1.63 bits per heavy atom. The van der Waals surface area contributed by atoms with E-state index < -0.39 is 0 Å². The Morgan fingerprint density at radius 3 is 2.34 bits per heavy atom. The molecule has 198 valence electrons. The first-order valence-corrected chi connectivity index (χ1v) is 13.5. The highest BCUT2D eigenvalue weighted by atomic mass is 19.1. The van der Waals surface area contributed by atoms with Crippen LogP contribution in [0.5, 0.6) is 0 Å². The summed E-state index contributed by atoms with van der Waals surface area (Å²) in [5.74, 6) is -0.137. The van der Waals surface area contributed by atoms with Gasteiger partial charge in [0, 0.05) is 30.1 Å². The summed E-state index contributed by atoms with van der Waals surface area (Å²) < 4.78 is 20.3. The van der Waals surface area contributed by atoms with E-state index in [1.54, 1.807) is 6.07 Å². The molecule has 0 bridgehead atoms. The van der Waals surface area contributed by atoms with Crippen LogP contribution in [0.4, 0.5) is 4.39 Å². The molecule has 2 saturated heterocycles. The van der Waals surface area contributed by atoms with E-state index in [1.165, 1.54) is 6.07 Å². The Morgan fingerprint density at radius 1 is 0.921 bits per heavy atom. The summed E-state index contributed by atoms with van der Waals surface area (Å²) >= 11 is 0. The lowest BCUT2D eigenvalue weighted by Gasteiger charge is -2.40. The molecule has 5 rings (SSSR count). The van der Waals surface area contributed by atoms with E-state index in [0.717, 1.165) is 49.0 Å². The van der Waals surface area contributed by atoms with Crippen molar-refractivity contribution in [3.63, 3.8) is 0 Å². The molecular weight excluding hydrogens is 479 g/mol. The zero-order valence-electron chi connectivity index (χ0n) is 21.9. The van der Waals surface area contributed by atoms with Crippen molar-refractivity contribution in [1.29, 1.82) is 0 Å². The van der Waals surface area contributed by atoms with E-state index in [2.05, 4.69) is 4.90 Å². The minimum atomic E-state index is -0.258. The van der Waals surface area contributed by atoms with Gasteiger partial charge in [-0.25, -0.2) is 4.39 Å². The highest BCUT2D eigenvalue weighted by Crippen LogP contribution is 2.33. The first kappa shape index (κ1) is 26.3. The number of rotatable bonds is 8. The fourth-order valence-electron chi connectivity index (χ4n) is 5.65. The lowest BCUT2D eigenvalue weighted by atomic mass is 9.85. The number of ether oxygens (including phenoxy) is 1. The molecule has 2 fully saturated rings. The van der Waals surface area contributed by atoms with Gasteiger partial charge in [0.25, 0.3) is 0 Å². The van der Waals surface area contributed by atoms with Gasteiger partial charge in [-0.05, 0) is 68.1 Å². The summed E-state index contributed by atoms with van der Waals surface area (Å²) in [6.07, 6.45) is 2.93. The number of ketones is 1. The molecule has 2 aliphatic rings. The molecule has 3 aromatic rings. The fraction of sp³-hybridized carbons (Fsp3) is 0.375. The largest absolute Gasteiger partial charge is 0.373 e. The van der Waals surface area contributed by atoms with Crippen molar-refractivity contribution < 1.29 is 18.7 Å². The van der Waals surface area contributed by atoms with Crippen molar-refractivity contribution in [1.82, 2.24) is 9.80 Å². The molecule has 6 heteroatoms. The number of hydrogen-bond donors (Lipinski definition) is 0. The third-order valence-corrected chi connectivity index (χ3v) is 7.81. The van der Waals surface area contributed by atoms with Crippen LogP contribution in [0.2, 0.25) is 0 Å². The van der Waals surface area contributed by atoms with Crippen molar-refractivity contribution in [3.05, 3.63) is 106 Å². The van der Waals surface area contributed by atoms with Crippen molar-refractivity contribution in [2.45, 2.75) is 44.8 Å². The van der Waals surface area contributed by atoms with Crippen LogP contribution < -0.4 is 0 Å². The second-order valence-corrected chi connectivity index (χ2v) is 10.5. The van der Waals surface area contributed by atoms with Crippen LogP contribution in [0.25, 0.3) is 0 Å². The number of likely N-dealkylation sites (tertiary alicyclic amines) is 2. The Balaban J connectivity index is 1.27. The lowest BCUT2D eigenvalue weighted by molar-refractivity contribution is -0.135. The van der Waals surface area contributed by atoms with Crippen LogP contribution in [0.1, 0.15) is 57.8 Å². The Kier molecular flexibility index (Phi) is 8.30. The molecule has 0 radical (unpaired) electrons. The normalized spacial score (nSPS) is 20.0. The molecule has 38 heavy (non-hydrogen) atoms. The van der Waals surface area contributed by atoms with Crippen LogP contribution in [-0.4, -0.2) is 60.3 Å². The van der Waals surface area contributed by atoms with Gasteiger partial charge in [0.1, 0.15) is 5.82 Å². The second kappa shape index (κ2) is 12.0. The molecule has 3 aromatic carbocycles. The number of nitrogens with zero attached hydrogens (tertiary/aromatic N) is 2. The average Bonchev–Trinajstić information content (AvgIpc) is 3.45. The van der Waals surface area contributed by atoms with Crippen LogP contribution in [0.3, 0.4) is 0 Å². The molecule has 0 saturated carbocycles. The van der Waals surface area contributed by atoms with Gasteiger partial charge >= 0.3 is 0 Å². The topological polar surface area (TPSA) is 49.9 Å². The van der Waals surface area contributed by atoms with Crippen molar-refractivity contribution in [2.75, 3.05) is 32.7 Å². The van der Waals surface area contributed by atoms with Gasteiger partial charge in [-0.2, -0.15) is 0 Å². The summed E-state index contributed by atoms with van der Waals surface area (Å²) in [5.41, 5.74) is 4.20. The van der Waals surface area contributed by atoms with E-state index >= 15 is 0 Å². The summed E-state index contributed by atoms with van der Waals surface area (Å²) in [5, 5.41) is 0.